The maximum atomic E-state index is 12.2. The zero-order chi connectivity index (χ0) is 14.9. The predicted molar refractivity (Wildman–Crippen MR) is 76.6 cm³/mol. The van der Waals surface area contributed by atoms with Gasteiger partial charge in [0.2, 0.25) is 5.91 Å². The predicted octanol–water partition coefficient (Wildman–Crippen LogP) is 2.43. The largest absolute Gasteiger partial charge is 0.478 e. The van der Waals surface area contributed by atoms with E-state index >= 15 is 0 Å². The molecule has 2 rings (SSSR count). The van der Waals surface area contributed by atoms with Gasteiger partial charge in [-0.1, -0.05) is 32.0 Å². The number of likely N-dealkylation sites (N-methyl/N-ethyl adjacent to an activating group) is 1. The van der Waals surface area contributed by atoms with Crippen molar-refractivity contribution in [2.75, 3.05) is 13.6 Å². The number of aromatic carboxylic acids is 1. The number of hydrogen-bond acceptors (Lipinski definition) is 2. The Hall–Kier alpha value is -1.84. The molecule has 20 heavy (non-hydrogen) atoms. The topological polar surface area (TPSA) is 57.6 Å². The minimum absolute atomic E-state index is 0.127. The van der Waals surface area contributed by atoms with E-state index in [1.807, 2.05) is 12.1 Å². The van der Waals surface area contributed by atoms with Crippen molar-refractivity contribution in [2.24, 2.45) is 11.3 Å². The highest BCUT2D eigenvalue weighted by Crippen LogP contribution is 2.52. The highest BCUT2D eigenvalue weighted by atomic mass is 16.4. The lowest BCUT2D eigenvalue weighted by Crippen LogP contribution is -2.31. The molecule has 108 valence electrons. The minimum atomic E-state index is -0.919. The first-order chi connectivity index (χ1) is 9.33. The van der Waals surface area contributed by atoms with Crippen LogP contribution < -0.4 is 0 Å². The Morgan fingerprint density at radius 2 is 1.95 bits per heavy atom. The van der Waals surface area contributed by atoms with E-state index in [1.165, 1.54) is 0 Å². The van der Waals surface area contributed by atoms with Gasteiger partial charge in [-0.05, 0) is 29.9 Å². The van der Waals surface area contributed by atoms with Crippen LogP contribution >= 0.6 is 0 Å². The van der Waals surface area contributed by atoms with Gasteiger partial charge in [-0.3, -0.25) is 4.79 Å². The second-order valence-corrected chi connectivity index (χ2v) is 6.22. The molecule has 1 fully saturated rings. The van der Waals surface area contributed by atoms with Crippen molar-refractivity contribution in [3.05, 3.63) is 35.4 Å². The van der Waals surface area contributed by atoms with E-state index in [9.17, 15) is 9.59 Å². The monoisotopic (exact) mass is 275 g/mol. The maximum absolute atomic E-state index is 12.2. The summed E-state index contributed by atoms with van der Waals surface area (Å²) in [6.07, 6.45) is 1.51. The van der Waals surface area contributed by atoms with Gasteiger partial charge in [0.15, 0.2) is 0 Å². The van der Waals surface area contributed by atoms with Crippen molar-refractivity contribution in [2.45, 2.75) is 26.7 Å². The van der Waals surface area contributed by atoms with Crippen molar-refractivity contribution < 1.29 is 14.7 Å². The number of hydrogen-bond donors (Lipinski definition) is 1. The van der Waals surface area contributed by atoms with E-state index in [-0.39, 0.29) is 17.2 Å². The summed E-state index contributed by atoms with van der Waals surface area (Å²) < 4.78 is 0. The molecule has 1 aromatic carbocycles. The first-order valence-electron chi connectivity index (χ1n) is 6.89. The zero-order valence-corrected chi connectivity index (χ0v) is 12.2. The van der Waals surface area contributed by atoms with E-state index in [1.54, 1.807) is 24.1 Å². The molecule has 1 aromatic rings. The normalized spacial score (nSPS) is 19.4. The first kappa shape index (κ1) is 14.6. The van der Waals surface area contributed by atoms with Gasteiger partial charge in [0, 0.05) is 19.5 Å². The lowest BCUT2D eigenvalue weighted by molar-refractivity contribution is -0.131. The van der Waals surface area contributed by atoms with Gasteiger partial charge in [-0.15, -0.1) is 0 Å². The van der Waals surface area contributed by atoms with E-state index < -0.39 is 5.97 Å². The number of nitrogens with zero attached hydrogens (tertiary/aromatic N) is 1. The Bertz CT molecular complexity index is 536. The second-order valence-electron chi connectivity index (χ2n) is 6.22. The summed E-state index contributed by atoms with van der Waals surface area (Å²) in [6, 6.07) is 6.95. The van der Waals surface area contributed by atoms with E-state index in [0.29, 0.717) is 18.5 Å². The molecule has 1 aliphatic carbocycles. The minimum Gasteiger partial charge on any atom is -0.478 e. The summed E-state index contributed by atoms with van der Waals surface area (Å²) in [7, 11) is 1.79. The highest BCUT2D eigenvalue weighted by molar-refractivity contribution is 5.89. The lowest BCUT2D eigenvalue weighted by atomic mass is 10.0. The fourth-order valence-electron chi connectivity index (χ4n) is 2.50. The van der Waals surface area contributed by atoms with Crippen molar-refractivity contribution in [1.82, 2.24) is 4.90 Å². The van der Waals surface area contributed by atoms with E-state index in [4.69, 9.17) is 5.11 Å². The summed E-state index contributed by atoms with van der Waals surface area (Å²) >= 11 is 0. The number of benzene rings is 1. The standard InChI is InChI=1S/C16H21NO3/c1-16(2)10-13(16)14(18)17(3)9-8-11-6-4-5-7-12(11)15(19)20/h4-7,13H,8-10H2,1-3H3,(H,19,20). The average Bonchev–Trinajstić information content (AvgIpc) is 3.04. The Balaban J connectivity index is 1.96. The van der Waals surface area contributed by atoms with Gasteiger partial charge >= 0.3 is 5.97 Å². The van der Waals surface area contributed by atoms with Crippen LogP contribution in [-0.4, -0.2) is 35.5 Å². The van der Waals surface area contributed by atoms with Crippen LogP contribution in [0.1, 0.15) is 36.2 Å². The summed E-state index contributed by atoms with van der Waals surface area (Å²) in [5.41, 5.74) is 1.22. The Morgan fingerprint density at radius 3 is 2.50 bits per heavy atom. The molecule has 1 N–H and O–H groups in total. The molecule has 1 aliphatic rings. The molecule has 1 atom stereocenters. The van der Waals surface area contributed by atoms with Gasteiger partial charge in [0.25, 0.3) is 0 Å². The van der Waals surface area contributed by atoms with Crippen molar-refractivity contribution in [3.63, 3.8) is 0 Å². The SMILES string of the molecule is CN(CCc1ccccc1C(=O)O)C(=O)C1CC1(C)C. The highest BCUT2D eigenvalue weighted by Gasteiger charge is 2.51. The molecule has 0 heterocycles. The zero-order valence-electron chi connectivity index (χ0n) is 12.2. The van der Waals surface area contributed by atoms with Gasteiger partial charge in [-0.2, -0.15) is 0 Å². The summed E-state index contributed by atoms with van der Waals surface area (Å²) in [6.45, 7) is 4.75. The van der Waals surface area contributed by atoms with Gasteiger partial charge in [-0.25, -0.2) is 4.79 Å². The average molecular weight is 275 g/mol. The van der Waals surface area contributed by atoms with Crippen LogP contribution in [0.25, 0.3) is 0 Å². The lowest BCUT2D eigenvalue weighted by Gasteiger charge is -2.18. The molecule has 1 amide bonds. The van der Waals surface area contributed by atoms with Gasteiger partial charge in [0.1, 0.15) is 0 Å². The smallest absolute Gasteiger partial charge is 0.335 e. The number of rotatable bonds is 5. The fourth-order valence-corrected chi connectivity index (χ4v) is 2.50. The molecule has 4 heteroatoms. The van der Waals surface area contributed by atoms with Crippen molar-refractivity contribution in [1.29, 1.82) is 0 Å². The molecule has 4 nitrogen and oxygen atoms in total. The Kier molecular flexibility index (Phi) is 3.84. The molecule has 0 aromatic heterocycles. The summed E-state index contributed by atoms with van der Waals surface area (Å²) in [5.74, 6) is -0.622. The maximum Gasteiger partial charge on any atom is 0.335 e. The molecular weight excluding hydrogens is 254 g/mol. The van der Waals surface area contributed by atoms with Crippen LogP contribution in [0, 0.1) is 11.3 Å². The summed E-state index contributed by atoms with van der Waals surface area (Å²) in [4.78, 5) is 25.0. The third-order valence-electron chi connectivity index (χ3n) is 4.15. The fraction of sp³-hybridized carbons (Fsp3) is 0.500. The van der Waals surface area contributed by atoms with Crippen LogP contribution in [0.15, 0.2) is 24.3 Å². The Labute approximate surface area is 119 Å². The van der Waals surface area contributed by atoms with Crippen LogP contribution in [-0.2, 0) is 11.2 Å². The molecule has 0 bridgehead atoms. The second kappa shape index (κ2) is 5.27. The van der Waals surface area contributed by atoms with Crippen LogP contribution in [0.4, 0.5) is 0 Å². The summed E-state index contributed by atoms with van der Waals surface area (Å²) in [5, 5.41) is 9.13. The molecular formula is C16H21NO3. The number of carboxylic acids is 1. The first-order valence-corrected chi connectivity index (χ1v) is 6.89. The van der Waals surface area contributed by atoms with Gasteiger partial charge in [0.05, 0.1) is 5.56 Å². The molecule has 0 saturated heterocycles. The van der Waals surface area contributed by atoms with E-state index in [2.05, 4.69) is 13.8 Å². The number of amides is 1. The molecule has 0 radical (unpaired) electrons. The quantitative estimate of drug-likeness (QED) is 0.898. The van der Waals surface area contributed by atoms with Crippen molar-refractivity contribution in [3.8, 4) is 0 Å². The number of carbonyl (C=O) groups excluding carboxylic acids is 1. The molecule has 1 saturated carbocycles. The van der Waals surface area contributed by atoms with Crippen LogP contribution in [0.2, 0.25) is 0 Å². The van der Waals surface area contributed by atoms with Crippen LogP contribution in [0.3, 0.4) is 0 Å². The van der Waals surface area contributed by atoms with E-state index in [0.717, 1.165) is 12.0 Å². The van der Waals surface area contributed by atoms with Crippen LogP contribution in [0.5, 0.6) is 0 Å². The third kappa shape index (κ3) is 3.00. The Morgan fingerprint density at radius 1 is 1.35 bits per heavy atom. The molecule has 0 aliphatic heterocycles. The van der Waals surface area contributed by atoms with Crippen molar-refractivity contribution >= 4 is 11.9 Å². The molecule has 1 unspecified atom stereocenters. The third-order valence-corrected chi connectivity index (χ3v) is 4.15. The number of carboxylic acid groups (broad SMARTS) is 1. The number of carbonyl (C=O) groups is 2. The van der Waals surface area contributed by atoms with Gasteiger partial charge < -0.3 is 10.0 Å². The molecule has 0 spiro atoms.